The van der Waals surface area contributed by atoms with Crippen LogP contribution in [0.3, 0.4) is 0 Å². The second-order valence-electron chi connectivity index (χ2n) is 6.13. The number of rotatable bonds is 5. The van der Waals surface area contributed by atoms with Gasteiger partial charge in [-0.25, -0.2) is 9.78 Å². The van der Waals surface area contributed by atoms with E-state index in [9.17, 15) is 20.0 Å². The molecular formula is C17H23N5O4. The molecule has 26 heavy (non-hydrogen) atoms. The zero-order valence-corrected chi connectivity index (χ0v) is 14.9. The molecule has 3 N–H and O–H groups in total. The predicted molar refractivity (Wildman–Crippen MR) is 94.1 cm³/mol. The van der Waals surface area contributed by atoms with Crippen molar-refractivity contribution < 1.29 is 19.8 Å². The van der Waals surface area contributed by atoms with E-state index in [1.807, 2.05) is 11.8 Å². The smallest absolute Gasteiger partial charge is 0.407 e. The fourth-order valence-corrected chi connectivity index (χ4v) is 2.71. The number of anilines is 1. The van der Waals surface area contributed by atoms with Crippen LogP contribution in [0.2, 0.25) is 0 Å². The molecule has 9 nitrogen and oxygen atoms in total. The SMILES string of the molecule is CCC(O)CNC(=O)c1cc(C#N)c(N2CCN(C(=O)O)CC2)nc1C. The molecule has 1 aliphatic rings. The van der Waals surface area contributed by atoms with E-state index in [4.69, 9.17) is 5.11 Å². The van der Waals surface area contributed by atoms with E-state index < -0.39 is 12.2 Å². The van der Waals surface area contributed by atoms with Gasteiger partial charge in [-0.05, 0) is 19.4 Å². The molecule has 0 spiro atoms. The summed E-state index contributed by atoms with van der Waals surface area (Å²) in [5.74, 6) is 0.0708. The number of aliphatic hydroxyl groups excluding tert-OH is 1. The minimum Gasteiger partial charge on any atom is -0.465 e. The molecule has 2 rings (SSSR count). The van der Waals surface area contributed by atoms with Crippen LogP contribution in [0.5, 0.6) is 0 Å². The predicted octanol–water partition coefficient (Wildman–Crippen LogP) is 0.562. The van der Waals surface area contributed by atoms with Crippen LogP contribution in [-0.2, 0) is 0 Å². The molecule has 140 valence electrons. The summed E-state index contributed by atoms with van der Waals surface area (Å²) < 4.78 is 0. The molecule has 0 saturated carbocycles. The Bertz CT molecular complexity index is 723. The Morgan fingerprint density at radius 3 is 2.58 bits per heavy atom. The van der Waals surface area contributed by atoms with Gasteiger partial charge in [-0.3, -0.25) is 4.79 Å². The van der Waals surface area contributed by atoms with Gasteiger partial charge in [0.2, 0.25) is 0 Å². The maximum absolute atomic E-state index is 12.3. The number of pyridine rings is 1. The van der Waals surface area contributed by atoms with Gasteiger partial charge in [0.15, 0.2) is 0 Å². The summed E-state index contributed by atoms with van der Waals surface area (Å²) >= 11 is 0. The number of piperazine rings is 1. The first-order valence-corrected chi connectivity index (χ1v) is 8.48. The summed E-state index contributed by atoms with van der Waals surface area (Å²) in [4.78, 5) is 30.9. The Morgan fingerprint density at radius 1 is 1.38 bits per heavy atom. The third-order valence-electron chi connectivity index (χ3n) is 4.38. The highest BCUT2D eigenvalue weighted by molar-refractivity contribution is 5.96. The molecule has 0 radical (unpaired) electrons. The van der Waals surface area contributed by atoms with Crippen molar-refractivity contribution in [2.24, 2.45) is 0 Å². The number of nitriles is 1. The van der Waals surface area contributed by atoms with Gasteiger partial charge in [-0.1, -0.05) is 6.92 Å². The molecule has 1 saturated heterocycles. The lowest BCUT2D eigenvalue weighted by Crippen LogP contribution is -2.48. The largest absolute Gasteiger partial charge is 0.465 e. The third-order valence-corrected chi connectivity index (χ3v) is 4.38. The molecule has 0 aromatic carbocycles. The van der Waals surface area contributed by atoms with Gasteiger partial charge in [-0.15, -0.1) is 0 Å². The molecule has 2 heterocycles. The second-order valence-corrected chi connectivity index (χ2v) is 6.13. The second kappa shape index (κ2) is 8.49. The van der Waals surface area contributed by atoms with Crippen LogP contribution >= 0.6 is 0 Å². The minimum absolute atomic E-state index is 0.134. The lowest BCUT2D eigenvalue weighted by Gasteiger charge is -2.34. The normalized spacial score (nSPS) is 15.3. The summed E-state index contributed by atoms with van der Waals surface area (Å²) in [5.41, 5.74) is 1.03. The van der Waals surface area contributed by atoms with Gasteiger partial charge in [0.1, 0.15) is 11.9 Å². The number of aliphatic hydroxyl groups is 1. The number of carboxylic acid groups (broad SMARTS) is 1. The summed E-state index contributed by atoms with van der Waals surface area (Å²) in [6, 6.07) is 3.56. The Kier molecular flexibility index (Phi) is 6.36. The van der Waals surface area contributed by atoms with Crippen molar-refractivity contribution in [2.75, 3.05) is 37.6 Å². The van der Waals surface area contributed by atoms with Gasteiger partial charge < -0.3 is 25.3 Å². The Hall–Kier alpha value is -2.86. The summed E-state index contributed by atoms with van der Waals surface area (Å²) in [7, 11) is 0. The van der Waals surface area contributed by atoms with Gasteiger partial charge in [0.05, 0.1) is 22.9 Å². The molecule has 1 atom stereocenters. The standard InChI is InChI=1S/C17H23N5O4/c1-3-13(23)10-19-16(24)14-8-12(9-18)15(20-11(14)2)21-4-6-22(7-5-21)17(25)26/h8,13,23H,3-7,10H2,1-2H3,(H,19,24)(H,25,26). The fourth-order valence-electron chi connectivity index (χ4n) is 2.71. The van der Waals surface area contributed by atoms with Crippen LogP contribution < -0.4 is 10.2 Å². The quantitative estimate of drug-likeness (QED) is 0.698. The first-order valence-electron chi connectivity index (χ1n) is 8.48. The van der Waals surface area contributed by atoms with E-state index in [1.54, 1.807) is 6.92 Å². The van der Waals surface area contributed by atoms with Crippen molar-refractivity contribution in [1.82, 2.24) is 15.2 Å². The number of hydrogen-bond donors (Lipinski definition) is 3. The van der Waals surface area contributed by atoms with Crippen molar-refractivity contribution in [3.63, 3.8) is 0 Å². The number of amides is 2. The number of carbonyl (C=O) groups excluding carboxylic acids is 1. The number of hydrogen-bond acceptors (Lipinski definition) is 6. The van der Waals surface area contributed by atoms with Crippen molar-refractivity contribution in [1.29, 1.82) is 5.26 Å². The number of nitrogens with one attached hydrogen (secondary N) is 1. The lowest BCUT2D eigenvalue weighted by molar-refractivity contribution is 0.0912. The van der Waals surface area contributed by atoms with Crippen molar-refractivity contribution in [3.8, 4) is 6.07 Å². The zero-order valence-electron chi connectivity index (χ0n) is 14.9. The first kappa shape index (κ1) is 19.5. The number of nitrogens with zero attached hydrogens (tertiary/aromatic N) is 4. The molecule has 1 fully saturated rings. The summed E-state index contributed by atoms with van der Waals surface area (Å²) in [5, 5.41) is 30.7. The van der Waals surface area contributed by atoms with Crippen LogP contribution in [0.15, 0.2) is 6.07 Å². The molecular weight excluding hydrogens is 338 g/mol. The van der Waals surface area contributed by atoms with E-state index in [1.165, 1.54) is 11.0 Å². The lowest BCUT2D eigenvalue weighted by atomic mass is 10.1. The molecule has 1 aliphatic heterocycles. The molecule has 0 bridgehead atoms. The van der Waals surface area contributed by atoms with Crippen molar-refractivity contribution in [2.45, 2.75) is 26.4 Å². The zero-order chi connectivity index (χ0) is 19.3. The maximum Gasteiger partial charge on any atom is 0.407 e. The first-order chi connectivity index (χ1) is 12.4. The molecule has 1 unspecified atom stereocenters. The Morgan fingerprint density at radius 2 is 2.04 bits per heavy atom. The van der Waals surface area contributed by atoms with Crippen LogP contribution in [0, 0.1) is 18.3 Å². The molecule has 1 aromatic rings. The maximum atomic E-state index is 12.3. The average molecular weight is 361 g/mol. The van der Waals surface area contributed by atoms with E-state index in [0.29, 0.717) is 44.1 Å². The van der Waals surface area contributed by atoms with Crippen LogP contribution in [0.1, 0.15) is 35.0 Å². The summed E-state index contributed by atoms with van der Waals surface area (Å²) in [6.45, 7) is 5.16. The van der Waals surface area contributed by atoms with Crippen LogP contribution in [0.25, 0.3) is 0 Å². The van der Waals surface area contributed by atoms with Crippen LogP contribution in [0.4, 0.5) is 10.6 Å². The molecule has 1 aromatic heterocycles. The van der Waals surface area contributed by atoms with Gasteiger partial charge in [-0.2, -0.15) is 5.26 Å². The highest BCUT2D eigenvalue weighted by atomic mass is 16.4. The molecule has 9 heteroatoms. The Labute approximate surface area is 151 Å². The fraction of sp³-hybridized carbons (Fsp3) is 0.529. The van der Waals surface area contributed by atoms with Gasteiger partial charge in [0, 0.05) is 32.7 Å². The van der Waals surface area contributed by atoms with Crippen molar-refractivity contribution >= 4 is 17.8 Å². The third kappa shape index (κ3) is 4.40. The molecule has 2 amide bonds. The van der Waals surface area contributed by atoms with Crippen molar-refractivity contribution in [3.05, 3.63) is 22.9 Å². The molecule has 0 aliphatic carbocycles. The topological polar surface area (TPSA) is 130 Å². The van der Waals surface area contributed by atoms with E-state index in [0.717, 1.165) is 0 Å². The summed E-state index contributed by atoms with van der Waals surface area (Å²) in [6.07, 6.45) is -1.05. The van der Waals surface area contributed by atoms with E-state index in [-0.39, 0.29) is 23.6 Å². The van der Waals surface area contributed by atoms with Crippen LogP contribution in [-0.4, -0.2) is 70.9 Å². The monoisotopic (exact) mass is 361 g/mol. The van der Waals surface area contributed by atoms with Gasteiger partial charge in [0.25, 0.3) is 5.91 Å². The number of aromatic nitrogens is 1. The highest BCUT2D eigenvalue weighted by Crippen LogP contribution is 2.22. The van der Waals surface area contributed by atoms with Gasteiger partial charge >= 0.3 is 6.09 Å². The number of aryl methyl sites for hydroxylation is 1. The number of carbonyl (C=O) groups is 2. The Balaban J connectivity index is 2.18. The minimum atomic E-state index is -0.962. The average Bonchev–Trinajstić information content (AvgIpc) is 2.65. The van der Waals surface area contributed by atoms with E-state index in [2.05, 4.69) is 16.4 Å². The highest BCUT2D eigenvalue weighted by Gasteiger charge is 2.24. The van der Waals surface area contributed by atoms with E-state index >= 15 is 0 Å².